The summed E-state index contributed by atoms with van der Waals surface area (Å²) < 4.78 is 2.83. The fraction of sp³-hybridized carbons (Fsp3) is 0.533. The third-order valence-corrected chi connectivity index (χ3v) is 5.63. The average Bonchev–Trinajstić information content (AvgIpc) is 2.43. The SMILES string of the molecule is CN=C1NC(C)(C)C(C)(C)c2ccccc21.CNSI. The van der Waals surface area contributed by atoms with E-state index in [1.807, 2.05) is 14.1 Å². The average molecular weight is 405 g/mol. The van der Waals surface area contributed by atoms with Crippen LogP contribution in [0.1, 0.15) is 38.8 Å². The Morgan fingerprint density at radius 1 is 1.20 bits per heavy atom. The van der Waals surface area contributed by atoms with Gasteiger partial charge in [0, 0.05) is 44.8 Å². The first-order valence-electron chi connectivity index (χ1n) is 6.61. The molecule has 1 aliphatic rings. The molecular weight excluding hydrogens is 381 g/mol. The van der Waals surface area contributed by atoms with E-state index in [0.717, 1.165) is 5.84 Å². The standard InChI is InChI=1S/C14H20N2.CH4INS/c1-13(2)11-9-7-6-8-10(11)12(15-5)16-14(13,3)4;1-3-4-2/h6-9H,1-5H3,(H,15,16);3H,1H3. The maximum Gasteiger partial charge on any atom is 0.128 e. The van der Waals surface area contributed by atoms with Crippen molar-refractivity contribution >= 4 is 36.2 Å². The fourth-order valence-corrected chi connectivity index (χ4v) is 2.27. The van der Waals surface area contributed by atoms with Crippen LogP contribution in [-0.4, -0.2) is 25.5 Å². The molecule has 1 aliphatic heterocycles. The van der Waals surface area contributed by atoms with Crippen molar-refractivity contribution in [3.63, 3.8) is 0 Å². The van der Waals surface area contributed by atoms with Crippen molar-refractivity contribution in [2.24, 2.45) is 4.99 Å². The number of benzene rings is 1. The van der Waals surface area contributed by atoms with E-state index in [1.54, 1.807) is 9.12 Å². The quantitative estimate of drug-likeness (QED) is 0.549. The molecule has 2 rings (SSSR count). The van der Waals surface area contributed by atoms with Crippen LogP contribution in [0.5, 0.6) is 0 Å². The molecule has 112 valence electrons. The second-order valence-electron chi connectivity index (χ2n) is 5.77. The predicted octanol–water partition coefficient (Wildman–Crippen LogP) is 3.93. The van der Waals surface area contributed by atoms with Gasteiger partial charge in [0.05, 0.1) is 0 Å². The molecule has 0 bridgehead atoms. The van der Waals surface area contributed by atoms with Gasteiger partial charge in [-0.3, -0.25) is 9.71 Å². The number of fused-ring (bicyclic) bond motifs is 1. The summed E-state index contributed by atoms with van der Waals surface area (Å²) in [6, 6.07) is 8.53. The predicted molar refractivity (Wildman–Crippen MR) is 99.8 cm³/mol. The van der Waals surface area contributed by atoms with Gasteiger partial charge in [-0.2, -0.15) is 0 Å². The minimum atomic E-state index is 0.0101. The zero-order chi connectivity index (χ0) is 15.4. The summed E-state index contributed by atoms with van der Waals surface area (Å²) in [6.07, 6.45) is 0. The van der Waals surface area contributed by atoms with E-state index in [0.29, 0.717) is 0 Å². The molecule has 0 atom stereocenters. The first-order chi connectivity index (χ1) is 9.31. The van der Waals surface area contributed by atoms with Gasteiger partial charge in [0.2, 0.25) is 0 Å². The molecule has 1 aromatic rings. The van der Waals surface area contributed by atoms with E-state index in [1.165, 1.54) is 11.1 Å². The van der Waals surface area contributed by atoms with Crippen molar-refractivity contribution in [2.75, 3.05) is 14.1 Å². The molecule has 0 saturated carbocycles. The molecule has 0 aromatic heterocycles. The lowest BCUT2D eigenvalue weighted by molar-refractivity contribution is 0.265. The van der Waals surface area contributed by atoms with E-state index in [9.17, 15) is 0 Å². The molecule has 2 N–H and O–H groups in total. The third kappa shape index (κ3) is 3.49. The monoisotopic (exact) mass is 405 g/mol. The van der Waals surface area contributed by atoms with E-state index < -0.39 is 0 Å². The van der Waals surface area contributed by atoms with Crippen LogP contribution in [0.25, 0.3) is 0 Å². The molecule has 0 fully saturated rings. The maximum atomic E-state index is 4.36. The highest BCUT2D eigenvalue weighted by atomic mass is 127. The van der Waals surface area contributed by atoms with Crippen molar-refractivity contribution in [3.05, 3.63) is 35.4 Å². The largest absolute Gasteiger partial charge is 0.364 e. The zero-order valence-corrected chi connectivity index (χ0v) is 16.0. The van der Waals surface area contributed by atoms with Gasteiger partial charge in [-0.15, -0.1) is 0 Å². The Bertz CT molecular complexity index is 482. The Balaban J connectivity index is 0.000000444. The van der Waals surface area contributed by atoms with Gasteiger partial charge in [0.1, 0.15) is 5.84 Å². The van der Waals surface area contributed by atoms with Crippen LogP contribution in [0.15, 0.2) is 29.3 Å². The van der Waals surface area contributed by atoms with Crippen molar-refractivity contribution in [2.45, 2.75) is 38.6 Å². The molecule has 1 heterocycles. The van der Waals surface area contributed by atoms with Gasteiger partial charge in [0.25, 0.3) is 0 Å². The number of amidine groups is 1. The van der Waals surface area contributed by atoms with Gasteiger partial charge in [-0.25, -0.2) is 0 Å². The van der Waals surface area contributed by atoms with Gasteiger partial charge in [-0.05, 0) is 35.6 Å². The van der Waals surface area contributed by atoms with Gasteiger partial charge >= 0.3 is 0 Å². The van der Waals surface area contributed by atoms with Crippen LogP contribution in [0.4, 0.5) is 0 Å². The molecule has 5 heteroatoms. The summed E-state index contributed by atoms with van der Waals surface area (Å²) in [4.78, 5) is 4.36. The van der Waals surface area contributed by atoms with E-state index >= 15 is 0 Å². The lowest BCUT2D eigenvalue weighted by Crippen LogP contribution is -2.60. The molecule has 3 nitrogen and oxygen atoms in total. The Labute approximate surface area is 139 Å². The van der Waals surface area contributed by atoms with Crippen molar-refractivity contribution in [1.82, 2.24) is 10.0 Å². The normalized spacial score (nSPS) is 20.4. The minimum Gasteiger partial charge on any atom is -0.364 e. The lowest BCUT2D eigenvalue weighted by atomic mass is 9.66. The number of nitrogens with one attached hydrogen (secondary N) is 2. The summed E-state index contributed by atoms with van der Waals surface area (Å²) >= 11 is 2.16. The van der Waals surface area contributed by atoms with E-state index in [4.69, 9.17) is 0 Å². The molecule has 0 radical (unpaired) electrons. The summed E-state index contributed by atoms with van der Waals surface area (Å²) in [7, 11) is 5.30. The number of nitrogens with zero attached hydrogens (tertiary/aromatic N) is 1. The highest BCUT2D eigenvalue weighted by Gasteiger charge is 2.44. The van der Waals surface area contributed by atoms with Gasteiger partial charge in [-0.1, -0.05) is 38.1 Å². The van der Waals surface area contributed by atoms with Crippen LogP contribution in [0.2, 0.25) is 0 Å². The molecule has 0 spiro atoms. The van der Waals surface area contributed by atoms with Gasteiger partial charge in [0.15, 0.2) is 0 Å². The molecule has 0 unspecified atom stereocenters. The summed E-state index contributed by atoms with van der Waals surface area (Å²) in [5.74, 6) is 1.000. The second-order valence-corrected chi connectivity index (χ2v) is 7.66. The van der Waals surface area contributed by atoms with Crippen molar-refractivity contribution < 1.29 is 0 Å². The number of halogens is 1. The van der Waals surface area contributed by atoms with Crippen LogP contribution in [0.3, 0.4) is 0 Å². The maximum absolute atomic E-state index is 4.36. The van der Waals surface area contributed by atoms with Crippen LogP contribution < -0.4 is 10.0 Å². The molecular formula is C15H24IN3S. The smallest absolute Gasteiger partial charge is 0.128 e. The van der Waals surface area contributed by atoms with Crippen molar-refractivity contribution in [3.8, 4) is 0 Å². The highest BCUT2D eigenvalue weighted by Crippen LogP contribution is 2.39. The highest BCUT2D eigenvalue weighted by molar-refractivity contribution is 14.2. The topological polar surface area (TPSA) is 36.4 Å². The Morgan fingerprint density at radius 3 is 2.25 bits per heavy atom. The molecule has 20 heavy (non-hydrogen) atoms. The van der Waals surface area contributed by atoms with Crippen LogP contribution >= 0.6 is 30.3 Å². The fourth-order valence-electron chi connectivity index (χ4n) is 2.27. The van der Waals surface area contributed by atoms with Crippen molar-refractivity contribution in [1.29, 1.82) is 0 Å². The second kappa shape index (κ2) is 7.13. The number of aliphatic imine (C=N–C) groups is 1. The third-order valence-electron chi connectivity index (χ3n) is 4.15. The summed E-state index contributed by atoms with van der Waals surface area (Å²) in [5, 5.41) is 3.54. The Hall–Kier alpha value is -0.270. The van der Waals surface area contributed by atoms with Crippen LogP contribution in [-0.2, 0) is 5.41 Å². The molecule has 0 aliphatic carbocycles. The number of rotatable bonds is 1. The van der Waals surface area contributed by atoms with E-state index in [-0.39, 0.29) is 11.0 Å². The Kier molecular flexibility index (Phi) is 6.34. The Morgan fingerprint density at radius 2 is 1.75 bits per heavy atom. The summed E-state index contributed by atoms with van der Waals surface area (Å²) in [6.45, 7) is 9.03. The van der Waals surface area contributed by atoms with Gasteiger partial charge < -0.3 is 5.32 Å². The number of hydrogen-bond acceptors (Lipinski definition) is 3. The first-order valence-corrected chi connectivity index (χ1v) is 9.97. The summed E-state index contributed by atoms with van der Waals surface area (Å²) in [5.41, 5.74) is 2.71. The lowest BCUT2D eigenvalue weighted by Gasteiger charge is -2.48. The zero-order valence-electron chi connectivity index (χ0n) is 13.0. The molecule has 1 aromatic carbocycles. The first kappa shape index (κ1) is 17.8. The minimum absolute atomic E-state index is 0.0101. The van der Waals surface area contributed by atoms with Crippen LogP contribution in [0, 0.1) is 0 Å². The molecule has 0 saturated heterocycles. The molecule has 0 amide bonds. The number of hydrogen-bond donors (Lipinski definition) is 2. The van der Waals surface area contributed by atoms with E-state index in [2.05, 4.69) is 88.2 Å².